The highest BCUT2D eigenvalue weighted by Crippen LogP contribution is 2.23. The summed E-state index contributed by atoms with van der Waals surface area (Å²) in [6.45, 7) is 4.33. The summed E-state index contributed by atoms with van der Waals surface area (Å²) < 4.78 is 16.7. The van der Waals surface area contributed by atoms with E-state index in [9.17, 15) is 35.1 Å². The van der Waals surface area contributed by atoms with Crippen LogP contribution in [0, 0.1) is 0 Å². The highest BCUT2D eigenvalue weighted by Gasteiger charge is 2.44. The van der Waals surface area contributed by atoms with Crippen molar-refractivity contribution in [2.45, 2.75) is 358 Å². The van der Waals surface area contributed by atoms with E-state index in [0.29, 0.717) is 19.4 Å². The minimum absolute atomic E-state index is 0.000357. The van der Waals surface area contributed by atoms with Gasteiger partial charge in [0.2, 0.25) is 5.91 Å². The molecule has 0 aromatic heterocycles. The fourth-order valence-corrected chi connectivity index (χ4v) is 10.5. The van der Waals surface area contributed by atoms with Gasteiger partial charge in [0.05, 0.1) is 32.0 Å². The largest absolute Gasteiger partial charge is 0.466 e. The molecular formula is C69H127NO10. The number of unbranched alkanes of at least 4 members (excludes halogenated alkanes) is 39. The zero-order chi connectivity index (χ0) is 58.0. The molecule has 1 aliphatic rings. The first kappa shape index (κ1) is 75.6. The Hall–Kier alpha value is -2.38. The van der Waals surface area contributed by atoms with Gasteiger partial charge < -0.3 is 45.1 Å². The van der Waals surface area contributed by atoms with Gasteiger partial charge in [0.15, 0.2) is 6.29 Å². The Labute approximate surface area is 491 Å². The first-order chi connectivity index (χ1) is 39.2. The lowest BCUT2D eigenvalue weighted by atomic mass is 9.99. The molecule has 11 nitrogen and oxygen atoms in total. The first-order valence-electron chi connectivity index (χ1n) is 33.9. The van der Waals surface area contributed by atoms with Crippen LogP contribution in [-0.4, -0.2) is 100 Å². The van der Waals surface area contributed by atoms with Gasteiger partial charge in [0.1, 0.15) is 24.4 Å². The molecule has 0 bridgehead atoms. The standard InChI is InChI=1S/C69H127NO10/c1-3-5-7-9-11-13-15-16-32-36-39-43-47-51-55-62(72)61(60-79-69-68(77)67(76)66(75)63(59-71)80-69)70-64(73)56-52-48-44-40-37-33-30-28-26-24-22-20-18-17-19-21-23-25-27-29-31-34-38-42-46-50-54-58-78-65(74)57-53-49-45-41-35-14-12-10-8-6-4-2/h17-18,21,23,36,39,51,55,61-63,66-69,71-72,75-77H,3-16,19-20,22,24-35,37-38,40-50,52-54,56-60H2,1-2H3,(H,70,73)/b18-17-,23-21-,39-36+,55-51+. The number of nitrogens with one attached hydrogen (secondary N) is 1. The zero-order valence-electron chi connectivity index (χ0n) is 51.8. The van der Waals surface area contributed by atoms with Gasteiger partial charge in [0.25, 0.3) is 0 Å². The molecule has 1 heterocycles. The van der Waals surface area contributed by atoms with Crippen molar-refractivity contribution in [3.05, 3.63) is 48.6 Å². The molecule has 0 spiro atoms. The third-order valence-corrected chi connectivity index (χ3v) is 15.9. The van der Waals surface area contributed by atoms with Gasteiger partial charge in [0, 0.05) is 12.8 Å². The molecule has 80 heavy (non-hydrogen) atoms. The van der Waals surface area contributed by atoms with E-state index in [1.807, 2.05) is 6.08 Å². The van der Waals surface area contributed by atoms with E-state index in [1.54, 1.807) is 6.08 Å². The van der Waals surface area contributed by atoms with E-state index >= 15 is 0 Å². The summed E-state index contributed by atoms with van der Waals surface area (Å²) in [5.41, 5.74) is 0. The lowest BCUT2D eigenvalue weighted by Crippen LogP contribution is -2.60. The highest BCUT2D eigenvalue weighted by molar-refractivity contribution is 5.76. The van der Waals surface area contributed by atoms with Crippen LogP contribution in [0.5, 0.6) is 0 Å². The van der Waals surface area contributed by atoms with E-state index in [2.05, 4.69) is 55.6 Å². The van der Waals surface area contributed by atoms with E-state index < -0.39 is 49.5 Å². The second-order valence-corrected chi connectivity index (χ2v) is 23.5. The molecule has 1 aliphatic heterocycles. The van der Waals surface area contributed by atoms with Gasteiger partial charge >= 0.3 is 5.97 Å². The number of allylic oxidation sites excluding steroid dienone is 7. The number of aliphatic hydroxyl groups excluding tert-OH is 5. The molecule has 0 aromatic rings. The summed E-state index contributed by atoms with van der Waals surface area (Å²) in [4.78, 5) is 25.1. The number of esters is 1. The fourth-order valence-electron chi connectivity index (χ4n) is 10.5. The molecule has 0 aliphatic carbocycles. The molecule has 468 valence electrons. The number of carbonyl (C=O) groups is 2. The van der Waals surface area contributed by atoms with Crippen LogP contribution in [0.25, 0.3) is 0 Å². The van der Waals surface area contributed by atoms with Crippen LogP contribution in [0.2, 0.25) is 0 Å². The first-order valence-corrected chi connectivity index (χ1v) is 33.9. The predicted octanol–water partition coefficient (Wildman–Crippen LogP) is 16.8. The normalized spacial score (nSPS) is 18.6. The lowest BCUT2D eigenvalue weighted by molar-refractivity contribution is -0.302. The zero-order valence-corrected chi connectivity index (χ0v) is 51.8. The molecule has 0 radical (unpaired) electrons. The number of hydrogen-bond acceptors (Lipinski definition) is 10. The quantitative estimate of drug-likeness (QED) is 0.0195. The summed E-state index contributed by atoms with van der Waals surface area (Å²) in [5, 5.41) is 54.5. The Bertz CT molecular complexity index is 1470. The number of rotatable bonds is 59. The minimum atomic E-state index is -1.58. The van der Waals surface area contributed by atoms with Gasteiger partial charge in [-0.05, 0) is 77.0 Å². The Morgan fingerprint density at radius 1 is 0.463 bits per heavy atom. The van der Waals surface area contributed by atoms with Crippen LogP contribution in [-0.2, 0) is 23.8 Å². The fraction of sp³-hybridized carbons (Fsp3) is 0.855. The number of amides is 1. The number of hydrogen-bond donors (Lipinski definition) is 6. The van der Waals surface area contributed by atoms with Crippen molar-refractivity contribution >= 4 is 11.9 Å². The molecule has 6 N–H and O–H groups in total. The molecule has 1 saturated heterocycles. The van der Waals surface area contributed by atoms with Crippen LogP contribution >= 0.6 is 0 Å². The summed E-state index contributed by atoms with van der Waals surface area (Å²) in [6, 6.07) is -0.831. The SMILES string of the molecule is CCCCCCCCCC/C=C/CC/C=C/C(O)C(COC1OC(CO)C(O)C(O)C1O)NC(=O)CCCCCCCCCCCCC/C=C\C/C=C\CCCCCCCCCCCOC(=O)CCCCCCCCCCCCC. The summed E-state index contributed by atoms with van der Waals surface area (Å²) >= 11 is 0. The maximum absolute atomic E-state index is 13.1. The van der Waals surface area contributed by atoms with Crippen molar-refractivity contribution in [1.29, 1.82) is 0 Å². The van der Waals surface area contributed by atoms with Gasteiger partial charge in [-0.2, -0.15) is 0 Å². The van der Waals surface area contributed by atoms with Crippen molar-refractivity contribution < 1.29 is 49.3 Å². The highest BCUT2D eigenvalue weighted by atomic mass is 16.7. The molecule has 7 unspecified atom stereocenters. The number of carbonyl (C=O) groups excluding carboxylic acids is 2. The topological polar surface area (TPSA) is 175 Å². The average Bonchev–Trinajstić information content (AvgIpc) is 3.47. The number of ether oxygens (including phenoxy) is 3. The van der Waals surface area contributed by atoms with Gasteiger partial charge in [-0.3, -0.25) is 9.59 Å². The van der Waals surface area contributed by atoms with Crippen LogP contribution in [0.1, 0.15) is 316 Å². The van der Waals surface area contributed by atoms with Crippen LogP contribution < -0.4 is 5.32 Å². The maximum atomic E-state index is 13.1. The van der Waals surface area contributed by atoms with Crippen molar-refractivity contribution in [1.82, 2.24) is 5.32 Å². The Morgan fingerprint density at radius 2 is 0.850 bits per heavy atom. The molecule has 11 heteroatoms. The smallest absolute Gasteiger partial charge is 0.305 e. The van der Waals surface area contributed by atoms with E-state index in [1.165, 1.54) is 218 Å². The van der Waals surface area contributed by atoms with Crippen LogP contribution in [0.15, 0.2) is 48.6 Å². The maximum Gasteiger partial charge on any atom is 0.305 e. The molecule has 7 atom stereocenters. The number of aliphatic hydroxyl groups is 5. The van der Waals surface area contributed by atoms with Gasteiger partial charge in [-0.1, -0.05) is 274 Å². The molecule has 1 rings (SSSR count). The Morgan fingerprint density at radius 3 is 1.31 bits per heavy atom. The lowest BCUT2D eigenvalue weighted by Gasteiger charge is -2.40. The molecule has 1 fully saturated rings. The third kappa shape index (κ3) is 47.0. The van der Waals surface area contributed by atoms with Crippen molar-refractivity contribution in [3.8, 4) is 0 Å². The van der Waals surface area contributed by atoms with Gasteiger partial charge in [-0.15, -0.1) is 0 Å². The van der Waals surface area contributed by atoms with Crippen molar-refractivity contribution in [2.75, 3.05) is 19.8 Å². The Balaban J connectivity index is 2.04. The van der Waals surface area contributed by atoms with E-state index in [4.69, 9.17) is 14.2 Å². The van der Waals surface area contributed by atoms with Crippen molar-refractivity contribution in [3.63, 3.8) is 0 Å². The van der Waals surface area contributed by atoms with Gasteiger partial charge in [-0.25, -0.2) is 0 Å². The van der Waals surface area contributed by atoms with Crippen LogP contribution in [0.3, 0.4) is 0 Å². The molecule has 1 amide bonds. The summed E-state index contributed by atoms with van der Waals surface area (Å²) in [7, 11) is 0. The minimum Gasteiger partial charge on any atom is -0.466 e. The van der Waals surface area contributed by atoms with E-state index in [-0.39, 0.29) is 18.5 Å². The Kier molecular flexibility index (Phi) is 55.2. The predicted molar refractivity (Wildman–Crippen MR) is 334 cm³/mol. The average molecular weight is 1130 g/mol. The second kappa shape index (κ2) is 58.4. The summed E-state index contributed by atoms with van der Waals surface area (Å²) in [5.74, 6) is -0.194. The molecule has 0 saturated carbocycles. The third-order valence-electron chi connectivity index (χ3n) is 15.9. The monoisotopic (exact) mass is 1130 g/mol. The summed E-state index contributed by atoms with van der Waals surface area (Å²) in [6.07, 6.45) is 65.1. The molecule has 0 aromatic carbocycles. The second-order valence-electron chi connectivity index (χ2n) is 23.5. The van der Waals surface area contributed by atoms with E-state index in [0.717, 1.165) is 70.6 Å². The van der Waals surface area contributed by atoms with Crippen LogP contribution in [0.4, 0.5) is 0 Å². The molecular weight excluding hydrogens is 1000 g/mol. The van der Waals surface area contributed by atoms with Crippen molar-refractivity contribution in [2.24, 2.45) is 0 Å².